The van der Waals surface area contributed by atoms with Gasteiger partial charge >= 0.3 is 5.69 Å². The van der Waals surface area contributed by atoms with Crippen LogP contribution < -0.4 is 11.2 Å². The monoisotopic (exact) mass is 244 g/mol. The summed E-state index contributed by atoms with van der Waals surface area (Å²) >= 11 is 0. The molecule has 3 rings (SSSR count). The number of aliphatic hydroxyl groups excluding tert-OH is 1. The molecule has 1 aromatic rings. The number of nitrogens with zero attached hydrogens (tertiary/aromatic N) is 1. The first kappa shape index (κ1) is 10.6. The molecule has 0 spiro atoms. The largest absolute Gasteiger partial charge is 0.387 e. The van der Waals surface area contributed by atoms with E-state index in [1.807, 2.05) is 4.98 Å². The number of H-pyrrole nitrogens is 1. The van der Waals surface area contributed by atoms with Gasteiger partial charge in [0.25, 0.3) is 5.56 Å². The molecule has 0 unspecified atom stereocenters. The zero-order chi connectivity index (χ0) is 12.2. The van der Waals surface area contributed by atoms with E-state index in [9.17, 15) is 19.1 Å². The number of hydrogen-bond donors (Lipinski definition) is 2. The molecule has 92 valence electrons. The molecule has 2 saturated heterocycles. The Bertz CT molecular complexity index is 567. The van der Waals surface area contributed by atoms with Gasteiger partial charge in [0.05, 0.1) is 12.8 Å². The van der Waals surface area contributed by atoms with E-state index >= 15 is 0 Å². The van der Waals surface area contributed by atoms with E-state index in [0.29, 0.717) is 0 Å². The summed E-state index contributed by atoms with van der Waals surface area (Å²) in [7, 11) is 0. The predicted octanol–water partition coefficient (Wildman–Crippen LogP) is -1.67. The van der Waals surface area contributed by atoms with Crippen LogP contribution in [-0.4, -0.2) is 39.6 Å². The third-order valence-electron chi connectivity index (χ3n) is 2.96. The van der Waals surface area contributed by atoms with E-state index < -0.39 is 41.6 Å². The highest BCUT2D eigenvalue weighted by atomic mass is 19.1. The van der Waals surface area contributed by atoms with Gasteiger partial charge in [0, 0.05) is 0 Å². The van der Waals surface area contributed by atoms with Crippen molar-refractivity contribution in [2.24, 2.45) is 0 Å². The van der Waals surface area contributed by atoms with Gasteiger partial charge in [0.15, 0.2) is 6.23 Å². The van der Waals surface area contributed by atoms with Crippen molar-refractivity contribution in [2.75, 3.05) is 6.61 Å². The number of nitrogens with one attached hydrogen (secondary N) is 1. The second-order valence-electron chi connectivity index (χ2n) is 4.00. The molecule has 7 nitrogen and oxygen atoms in total. The minimum atomic E-state index is -1.09. The molecule has 0 saturated carbocycles. The molecule has 2 N–H and O–H groups in total. The number of fused-ring (bicyclic) bond motifs is 2. The molecular formula is C9H9FN2O5. The zero-order valence-corrected chi connectivity index (χ0v) is 8.50. The second kappa shape index (κ2) is 3.49. The minimum Gasteiger partial charge on any atom is -0.387 e. The van der Waals surface area contributed by atoms with E-state index in [2.05, 4.69) is 0 Å². The minimum absolute atomic E-state index is 0.239. The van der Waals surface area contributed by atoms with Crippen molar-refractivity contribution >= 4 is 0 Å². The Balaban J connectivity index is 2.04. The smallest absolute Gasteiger partial charge is 0.330 e. The maximum Gasteiger partial charge on any atom is 0.330 e. The molecule has 0 amide bonds. The molecule has 2 bridgehead atoms. The van der Waals surface area contributed by atoms with E-state index in [4.69, 9.17) is 9.47 Å². The third-order valence-corrected chi connectivity index (χ3v) is 2.96. The summed E-state index contributed by atoms with van der Waals surface area (Å²) in [4.78, 5) is 24.2. The van der Waals surface area contributed by atoms with Crippen LogP contribution in [0.5, 0.6) is 0 Å². The normalized spacial score (nSPS) is 35.4. The van der Waals surface area contributed by atoms with Gasteiger partial charge < -0.3 is 14.6 Å². The molecule has 1 aromatic heterocycles. The third kappa shape index (κ3) is 1.45. The molecule has 17 heavy (non-hydrogen) atoms. The molecule has 2 fully saturated rings. The van der Waals surface area contributed by atoms with Gasteiger partial charge in [-0.3, -0.25) is 14.3 Å². The van der Waals surface area contributed by atoms with Gasteiger partial charge in [-0.15, -0.1) is 0 Å². The van der Waals surface area contributed by atoms with Crippen molar-refractivity contribution in [3.05, 3.63) is 32.9 Å². The summed E-state index contributed by atoms with van der Waals surface area (Å²) < 4.78 is 24.5. The van der Waals surface area contributed by atoms with Gasteiger partial charge in [0.1, 0.15) is 18.3 Å². The van der Waals surface area contributed by atoms with E-state index in [1.165, 1.54) is 0 Å². The topological polar surface area (TPSA) is 93.6 Å². The summed E-state index contributed by atoms with van der Waals surface area (Å²) in [5.41, 5.74) is -1.89. The Hall–Kier alpha value is -1.51. The Morgan fingerprint density at radius 1 is 1.53 bits per heavy atom. The zero-order valence-electron chi connectivity index (χ0n) is 8.50. The number of aromatic nitrogens is 2. The fourth-order valence-corrected chi connectivity index (χ4v) is 2.12. The fraction of sp³-hybridized carbons (Fsp3) is 0.556. The van der Waals surface area contributed by atoms with Crippen molar-refractivity contribution in [2.45, 2.75) is 24.5 Å². The summed E-state index contributed by atoms with van der Waals surface area (Å²) in [5, 5.41) is 9.64. The Kier molecular flexibility index (Phi) is 2.18. The van der Waals surface area contributed by atoms with Crippen molar-refractivity contribution in [3.63, 3.8) is 0 Å². The summed E-state index contributed by atoms with van der Waals surface area (Å²) in [6.07, 6.45) is -2.25. The van der Waals surface area contributed by atoms with Crippen LogP contribution in [0.2, 0.25) is 0 Å². The van der Waals surface area contributed by atoms with Crippen LogP contribution in [0.3, 0.4) is 0 Å². The second-order valence-corrected chi connectivity index (χ2v) is 4.00. The molecule has 4 atom stereocenters. The van der Waals surface area contributed by atoms with Crippen LogP contribution in [0.1, 0.15) is 6.23 Å². The van der Waals surface area contributed by atoms with Gasteiger partial charge in [0.2, 0.25) is 5.82 Å². The molecular weight excluding hydrogens is 235 g/mol. The van der Waals surface area contributed by atoms with Crippen LogP contribution in [0, 0.1) is 5.82 Å². The van der Waals surface area contributed by atoms with Crippen molar-refractivity contribution in [3.8, 4) is 0 Å². The Morgan fingerprint density at radius 3 is 2.88 bits per heavy atom. The first-order valence-corrected chi connectivity index (χ1v) is 5.04. The van der Waals surface area contributed by atoms with Crippen LogP contribution >= 0.6 is 0 Å². The van der Waals surface area contributed by atoms with E-state index in [-0.39, 0.29) is 6.61 Å². The van der Waals surface area contributed by atoms with Crippen LogP contribution in [0.25, 0.3) is 0 Å². The summed E-state index contributed by atoms with van der Waals surface area (Å²) in [6, 6.07) is 0. The Labute approximate surface area is 93.4 Å². The van der Waals surface area contributed by atoms with E-state index in [1.54, 1.807) is 0 Å². The number of hydrogen-bond acceptors (Lipinski definition) is 5. The van der Waals surface area contributed by atoms with Crippen LogP contribution in [0.15, 0.2) is 15.8 Å². The maximum atomic E-state index is 13.1. The number of rotatable bonds is 1. The highest BCUT2D eigenvalue weighted by Crippen LogP contribution is 2.36. The highest BCUT2D eigenvalue weighted by Gasteiger charge is 2.51. The average Bonchev–Trinajstić information content (AvgIpc) is 2.79. The molecule has 3 heterocycles. The average molecular weight is 244 g/mol. The number of aliphatic hydroxyl groups is 1. The summed E-state index contributed by atoms with van der Waals surface area (Å²) in [6.45, 7) is 0.239. The molecule has 2 aliphatic heterocycles. The lowest BCUT2D eigenvalue weighted by atomic mass is 10.2. The van der Waals surface area contributed by atoms with Gasteiger partial charge in [-0.05, 0) is 0 Å². The van der Waals surface area contributed by atoms with Gasteiger partial charge in [-0.2, -0.15) is 4.39 Å². The Morgan fingerprint density at radius 2 is 2.29 bits per heavy atom. The number of ether oxygens (including phenoxy) is 2. The van der Waals surface area contributed by atoms with Gasteiger partial charge in [-0.25, -0.2) is 4.79 Å². The molecule has 0 radical (unpaired) electrons. The SMILES string of the molecule is O=c1[nH]c(=O)n([C@H]2O[C@H]3CO[C@H]2[C@@H]3O)cc1F. The lowest BCUT2D eigenvalue weighted by Gasteiger charge is -2.23. The van der Waals surface area contributed by atoms with Crippen LogP contribution in [0.4, 0.5) is 4.39 Å². The fourth-order valence-electron chi connectivity index (χ4n) is 2.12. The lowest BCUT2D eigenvalue weighted by Crippen LogP contribution is -2.39. The molecule has 2 aliphatic rings. The van der Waals surface area contributed by atoms with Crippen molar-refractivity contribution in [1.82, 2.24) is 9.55 Å². The number of halogens is 1. The first-order chi connectivity index (χ1) is 8.08. The quantitative estimate of drug-likeness (QED) is 0.616. The first-order valence-electron chi connectivity index (χ1n) is 5.04. The van der Waals surface area contributed by atoms with Gasteiger partial charge in [-0.1, -0.05) is 0 Å². The summed E-state index contributed by atoms with van der Waals surface area (Å²) in [5.74, 6) is -1.09. The highest BCUT2D eigenvalue weighted by molar-refractivity contribution is 4.98. The van der Waals surface area contributed by atoms with Crippen molar-refractivity contribution < 1.29 is 19.0 Å². The lowest BCUT2D eigenvalue weighted by molar-refractivity contribution is -0.128. The molecule has 8 heteroatoms. The van der Waals surface area contributed by atoms with Crippen LogP contribution in [-0.2, 0) is 9.47 Å². The molecule has 0 aromatic carbocycles. The molecule has 0 aliphatic carbocycles. The standard InChI is InChI=1S/C9H9FN2O5/c10-3-1-12(9(15)11-7(3)14)8-6-5(13)4(17-8)2-16-6/h1,4-6,8,13H,2H2,(H,11,14,15)/t4-,5+,6-,8-/m0/s1. The van der Waals surface area contributed by atoms with E-state index in [0.717, 1.165) is 10.8 Å². The number of aromatic amines is 1. The predicted molar refractivity (Wildman–Crippen MR) is 50.9 cm³/mol. The van der Waals surface area contributed by atoms with Crippen molar-refractivity contribution in [1.29, 1.82) is 0 Å². The maximum absolute atomic E-state index is 13.1.